The number of carbonyl (C=O) groups is 2. The van der Waals surface area contributed by atoms with Crippen molar-refractivity contribution in [3.63, 3.8) is 0 Å². The molecule has 0 radical (unpaired) electrons. The number of aryl methyl sites for hydroxylation is 2. The molecule has 0 aromatic carbocycles. The third-order valence-electron chi connectivity index (χ3n) is 9.55. The lowest BCUT2D eigenvalue weighted by molar-refractivity contribution is -0.671. The van der Waals surface area contributed by atoms with Gasteiger partial charge in [0.15, 0.2) is 11.2 Å². The Morgan fingerprint density at radius 1 is 1.08 bits per heavy atom. The van der Waals surface area contributed by atoms with Crippen LogP contribution in [0.4, 0.5) is 5.95 Å². The molecule has 25 heteroatoms. The van der Waals surface area contributed by atoms with Crippen LogP contribution in [0.5, 0.6) is 0 Å². The number of fused-ring (bicyclic) bond motifs is 1. The summed E-state index contributed by atoms with van der Waals surface area (Å²) in [6.07, 6.45) is 0.0219. The van der Waals surface area contributed by atoms with Crippen molar-refractivity contribution in [2.24, 2.45) is 13.0 Å². The van der Waals surface area contributed by atoms with E-state index in [1.165, 1.54) is 24.0 Å². The lowest BCUT2D eigenvalue weighted by Crippen LogP contribution is -2.33. The molecule has 4 N–H and O–H groups in total. The van der Waals surface area contributed by atoms with E-state index in [1.54, 1.807) is 17.1 Å². The number of aliphatic hydroxyl groups is 1. The van der Waals surface area contributed by atoms with Gasteiger partial charge in [-0.3, -0.25) is 51.9 Å². The first-order valence-electron chi connectivity index (χ1n) is 19.4. The molecule has 1 unspecified atom stereocenters. The monoisotopic (exact) mass is 875 g/mol. The van der Waals surface area contributed by atoms with Crippen molar-refractivity contribution >= 4 is 36.9 Å². The maximum Gasteiger partial charge on any atom is 0.475 e. The molecule has 0 spiro atoms. The van der Waals surface area contributed by atoms with Gasteiger partial charge in [-0.1, -0.05) is 13.8 Å². The van der Waals surface area contributed by atoms with Gasteiger partial charge in [0.1, 0.15) is 68.8 Å². The van der Waals surface area contributed by atoms with Crippen molar-refractivity contribution < 1.29 is 56.3 Å². The first-order valence-corrected chi connectivity index (χ1v) is 20.9. The van der Waals surface area contributed by atoms with Crippen LogP contribution in [0, 0.1) is 24.2 Å². The second-order valence-corrected chi connectivity index (χ2v) is 16.4. The normalized spacial score (nSPS) is 22.3. The molecule has 0 aliphatic carbocycles. The first kappa shape index (κ1) is 45.0. The second kappa shape index (κ2) is 19.9. The van der Waals surface area contributed by atoms with E-state index in [0.29, 0.717) is 13.1 Å². The Kier molecular flexibility index (Phi) is 14.7. The van der Waals surface area contributed by atoms with Crippen LogP contribution >= 0.6 is 7.82 Å². The molecule has 2 aliphatic heterocycles. The van der Waals surface area contributed by atoms with Crippen LogP contribution in [-0.4, -0.2) is 108 Å². The van der Waals surface area contributed by atoms with E-state index in [9.17, 15) is 38.9 Å². The molecular weight excluding hydrogens is 827 g/mol. The Morgan fingerprint density at radius 3 is 2.56 bits per heavy atom. The summed E-state index contributed by atoms with van der Waals surface area (Å²) in [5.41, 5.74) is -1.55. The SMILES string of the molecule is Cc1cn([C@H]2C[C@H](OC(=O)CC(=O)OCCn3cc[n+](C)c3)[C@@H](COP(=O)(OCCC#N)O[C@H]3C[C@H](n4cnc5c(=O)[nH]c(NCC(C)C)nc54)O[C@@H]3CO)O2)c(=O)[nH]c1=O. The van der Waals surface area contributed by atoms with Gasteiger partial charge in [0.05, 0.1) is 45.7 Å². The van der Waals surface area contributed by atoms with Crippen LogP contribution in [0.1, 0.15) is 57.6 Å². The topological polar surface area (TPSA) is 299 Å². The molecule has 7 atom stereocenters. The van der Waals surface area contributed by atoms with Gasteiger partial charge < -0.3 is 29.4 Å². The Bertz CT molecular complexity index is 2450. The van der Waals surface area contributed by atoms with E-state index >= 15 is 0 Å². The fraction of sp³-hybridized carbons (Fsp3) is 0.583. The number of nitriles is 1. The molecule has 0 amide bonds. The largest absolute Gasteiger partial charge is 0.475 e. The average molecular weight is 876 g/mol. The number of carbonyl (C=O) groups excluding carboxylic acids is 2. The minimum atomic E-state index is -4.68. The molecule has 24 nitrogen and oxygen atoms in total. The highest BCUT2D eigenvalue weighted by atomic mass is 31.2. The zero-order chi connectivity index (χ0) is 43.8. The fourth-order valence-corrected chi connectivity index (χ4v) is 7.92. The van der Waals surface area contributed by atoms with Crippen molar-refractivity contribution in [3.05, 3.63) is 68.0 Å². The number of nitrogens with zero attached hydrogens (tertiary/aromatic N) is 7. The summed E-state index contributed by atoms with van der Waals surface area (Å²) < 4.78 is 60.6. The number of anilines is 1. The van der Waals surface area contributed by atoms with E-state index < -0.39 is 99.7 Å². The Hall–Kier alpha value is -5.54. The molecule has 6 rings (SSSR count). The summed E-state index contributed by atoms with van der Waals surface area (Å²) in [5, 5.41) is 22.5. The number of aliphatic hydroxyl groups excluding tert-OH is 1. The summed E-state index contributed by atoms with van der Waals surface area (Å²) in [7, 11) is -2.85. The summed E-state index contributed by atoms with van der Waals surface area (Å²) in [6.45, 7) is 4.65. The van der Waals surface area contributed by atoms with Gasteiger partial charge in [-0.05, 0) is 12.8 Å². The van der Waals surface area contributed by atoms with Crippen molar-refractivity contribution in [2.75, 3.05) is 38.3 Å². The predicted octanol–water partition coefficient (Wildman–Crippen LogP) is 0.225. The molecule has 4 aromatic rings. The zero-order valence-corrected chi connectivity index (χ0v) is 34.7. The van der Waals surface area contributed by atoms with E-state index in [1.807, 2.05) is 37.7 Å². The number of ether oxygens (including phenoxy) is 4. The van der Waals surface area contributed by atoms with Crippen molar-refractivity contribution in [3.8, 4) is 6.07 Å². The van der Waals surface area contributed by atoms with Gasteiger partial charge in [0, 0.05) is 31.1 Å². The quantitative estimate of drug-likeness (QED) is 0.0304. The zero-order valence-electron chi connectivity index (χ0n) is 33.8. The van der Waals surface area contributed by atoms with Gasteiger partial charge in [-0.2, -0.15) is 10.2 Å². The number of phosphoric ester groups is 1. The summed E-state index contributed by atoms with van der Waals surface area (Å²) >= 11 is 0. The first-order chi connectivity index (χ1) is 29.1. The van der Waals surface area contributed by atoms with Crippen LogP contribution in [-0.2, 0) is 60.3 Å². The van der Waals surface area contributed by atoms with E-state index in [4.69, 9.17) is 32.5 Å². The number of hydrogen-bond donors (Lipinski definition) is 4. The molecule has 0 saturated carbocycles. The van der Waals surface area contributed by atoms with Crippen molar-refractivity contribution in [2.45, 2.75) is 89.9 Å². The van der Waals surface area contributed by atoms with Gasteiger partial charge in [0.25, 0.3) is 11.1 Å². The Balaban J connectivity index is 1.17. The average Bonchev–Trinajstić information content (AvgIpc) is 4.01. The molecule has 6 heterocycles. The number of phosphoric acid groups is 1. The molecule has 2 saturated heterocycles. The van der Waals surface area contributed by atoms with Gasteiger partial charge in [-0.15, -0.1) is 0 Å². The minimum absolute atomic E-state index is 0.0161. The van der Waals surface area contributed by atoms with Crippen LogP contribution in [0.2, 0.25) is 0 Å². The summed E-state index contributed by atoms with van der Waals surface area (Å²) in [6, 6.07) is 1.87. The smallest absolute Gasteiger partial charge is 0.461 e. The highest BCUT2D eigenvalue weighted by Gasteiger charge is 2.46. The van der Waals surface area contributed by atoms with Crippen LogP contribution in [0.3, 0.4) is 0 Å². The third-order valence-corrected chi connectivity index (χ3v) is 11.0. The predicted molar refractivity (Wildman–Crippen MR) is 207 cm³/mol. The number of nitrogens with one attached hydrogen (secondary N) is 3. The highest BCUT2D eigenvalue weighted by Crippen LogP contribution is 2.54. The maximum absolute atomic E-state index is 14.3. The van der Waals surface area contributed by atoms with Gasteiger partial charge >= 0.3 is 25.5 Å². The highest BCUT2D eigenvalue weighted by molar-refractivity contribution is 7.48. The standard InChI is InChI=1S/C36H47N10O14P/c1-21(2)15-38-35-40-32-31(34(51)41-35)39-19-46(32)28-13-24(25(17-47)57-28)60-61(53,55-10-5-6-37)56-18-26-23(12-27(58-26)45-16-22(3)33(50)42-36(45)52)59-30(49)14-29(48)54-11-9-44-8-7-43(4)20-44/h7-8,16,19-21,23-28,47H,5,9-15,17-18H2,1-4H3,(H2-,38,40,41,42,50,51,52)/p+1/t23-,24-,25+,26+,27+,28+,61?/m0/s1. The molecule has 2 aliphatic rings. The number of hydrogen-bond acceptors (Lipinski definition) is 18. The number of aromatic amines is 2. The number of imidazole rings is 2. The van der Waals surface area contributed by atoms with Crippen LogP contribution in [0.15, 0.2) is 45.6 Å². The maximum atomic E-state index is 14.3. The minimum Gasteiger partial charge on any atom is -0.461 e. The number of H-pyrrole nitrogens is 2. The molecule has 0 bridgehead atoms. The van der Waals surface area contributed by atoms with E-state index in [-0.39, 0.29) is 54.5 Å². The lowest BCUT2D eigenvalue weighted by Gasteiger charge is -2.25. The van der Waals surface area contributed by atoms with Gasteiger partial charge in [-0.25, -0.2) is 23.5 Å². The summed E-state index contributed by atoms with van der Waals surface area (Å²) in [5.74, 6) is -1.39. The van der Waals surface area contributed by atoms with Crippen LogP contribution in [0.25, 0.3) is 11.2 Å². The number of esters is 2. The van der Waals surface area contributed by atoms with E-state index in [2.05, 4.69) is 25.3 Å². The second-order valence-electron chi connectivity index (χ2n) is 14.8. The van der Waals surface area contributed by atoms with E-state index in [0.717, 1.165) is 4.57 Å². The number of aromatic nitrogens is 8. The van der Waals surface area contributed by atoms with Gasteiger partial charge in [0.2, 0.25) is 12.3 Å². The molecule has 330 valence electrons. The molecule has 4 aromatic heterocycles. The lowest BCUT2D eigenvalue weighted by atomic mass is 10.2. The Labute approximate surface area is 346 Å². The van der Waals surface area contributed by atoms with Crippen molar-refractivity contribution in [1.29, 1.82) is 5.26 Å². The third kappa shape index (κ3) is 11.4. The molecule has 2 fully saturated rings. The fourth-order valence-electron chi connectivity index (χ4n) is 6.52. The van der Waals surface area contributed by atoms with Crippen LogP contribution < -0.4 is 26.7 Å². The summed E-state index contributed by atoms with van der Waals surface area (Å²) in [4.78, 5) is 76.8. The Morgan fingerprint density at radius 2 is 1.84 bits per heavy atom. The number of rotatable bonds is 20. The van der Waals surface area contributed by atoms with Crippen molar-refractivity contribution in [1.82, 2.24) is 33.6 Å². The molecule has 61 heavy (non-hydrogen) atoms. The molecular formula is C36H48N10O14P+.